The van der Waals surface area contributed by atoms with Crippen LogP contribution in [0.2, 0.25) is 0 Å². The first-order valence-corrected chi connectivity index (χ1v) is 9.28. The lowest BCUT2D eigenvalue weighted by molar-refractivity contribution is 0.0790. The normalized spacial score (nSPS) is 19.0. The predicted octanol–water partition coefficient (Wildman–Crippen LogP) is 3.12. The summed E-state index contributed by atoms with van der Waals surface area (Å²) in [5.74, 6) is 2.04. The maximum atomic E-state index is 12.8. The van der Waals surface area contributed by atoms with Crippen LogP contribution in [0.5, 0.6) is 11.5 Å². The van der Waals surface area contributed by atoms with Crippen LogP contribution in [0.3, 0.4) is 0 Å². The second kappa shape index (κ2) is 7.36. The zero-order valence-electron chi connectivity index (χ0n) is 15.1. The third-order valence-corrected chi connectivity index (χ3v) is 5.25. The van der Waals surface area contributed by atoms with Gasteiger partial charge in [0.2, 0.25) is 0 Å². The van der Waals surface area contributed by atoms with E-state index in [9.17, 15) is 4.79 Å². The van der Waals surface area contributed by atoms with Gasteiger partial charge in [-0.25, -0.2) is 0 Å². The number of para-hydroxylation sites is 1. The number of benzene rings is 1. The SMILES string of the molecule is COc1cccc2c1OCC(Cc1ncccc1C(=O)N1CCCC1)C2. The molecule has 1 aromatic heterocycles. The quantitative estimate of drug-likeness (QED) is 0.848. The van der Waals surface area contributed by atoms with Crippen molar-refractivity contribution in [1.82, 2.24) is 9.88 Å². The number of fused-ring (bicyclic) bond motifs is 1. The number of hydrogen-bond donors (Lipinski definition) is 0. The third kappa shape index (κ3) is 3.26. The van der Waals surface area contributed by atoms with Crippen molar-refractivity contribution in [3.05, 3.63) is 53.3 Å². The monoisotopic (exact) mass is 352 g/mol. The highest BCUT2D eigenvalue weighted by Crippen LogP contribution is 2.36. The van der Waals surface area contributed by atoms with Crippen LogP contribution in [-0.2, 0) is 12.8 Å². The lowest BCUT2D eigenvalue weighted by atomic mass is 9.91. The Bertz CT molecular complexity index is 800. The van der Waals surface area contributed by atoms with Gasteiger partial charge >= 0.3 is 0 Å². The minimum absolute atomic E-state index is 0.115. The average Bonchev–Trinajstić information content (AvgIpc) is 3.22. The van der Waals surface area contributed by atoms with Gasteiger partial charge in [-0.2, -0.15) is 0 Å². The number of carbonyl (C=O) groups is 1. The highest BCUT2D eigenvalue weighted by molar-refractivity contribution is 5.95. The fraction of sp³-hybridized carbons (Fsp3) is 0.429. The summed E-state index contributed by atoms with van der Waals surface area (Å²) in [6, 6.07) is 9.75. The molecule has 1 amide bonds. The van der Waals surface area contributed by atoms with E-state index < -0.39 is 0 Å². The predicted molar refractivity (Wildman–Crippen MR) is 98.8 cm³/mol. The molecule has 2 aliphatic rings. The third-order valence-electron chi connectivity index (χ3n) is 5.25. The van der Waals surface area contributed by atoms with Crippen LogP contribution < -0.4 is 9.47 Å². The molecule has 0 saturated carbocycles. The van der Waals surface area contributed by atoms with Crippen LogP contribution in [0.25, 0.3) is 0 Å². The highest BCUT2D eigenvalue weighted by Gasteiger charge is 2.27. The first-order chi connectivity index (χ1) is 12.8. The number of aromatic nitrogens is 1. The van der Waals surface area contributed by atoms with E-state index in [0.29, 0.717) is 12.5 Å². The van der Waals surface area contributed by atoms with Crippen molar-refractivity contribution >= 4 is 5.91 Å². The Labute approximate surface area is 153 Å². The number of methoxy groups -OCH3 is 1. The first-order valence-electron chi connectivity index (χ1n) is 9.28. The van der Waals surface area contributed by atoms with Gasteiger partial charge in [0, 0.05) is 25.2 Å². The molecule has 5 nitrogen and oxygen atoms in total. The Morgan fingerprint density at radius 2 is 2.12 bits per heavy atom. The van der Waals surface area contributed by atoms with E-state index in [1.807, 2.05) is 29.2 Å². The lowest BCUT2D eigenvalue weighted by Gasteiger charge is -2.27. The molecule has 1 fully saturated rings. The number of nitrogens with zero attached hydrogens (tertiary/aromatic N) is 2. The van der Waals surface area contributed by atoms with E-state index in [1.54, 1.807) is 13.3 Å². The number of amides is 1. The van der Waals surface area contributed by atoms with Crippen LogP contribution in [-0.4, -0.2) is 42.6 Å². The van der Waals surface area contributed by atoms with Gasteiger partial charge < -0.3 is 14.4 Å². The minimum atomic E-state index is 0.115. The van der Waals surface area contributed by atoms with E-state index in [1.165, 1.54) is 0 Å². The van der Waals surface area contributed by atoms with Gasteiger partial charge in [0.05, 0.1) is 25.0 Å². The first kappa shape index (κ1) is 16.9. The fourth-order valence-electron chi connectivity index (χ4n) is 3.91. The summed E-state index contributed by atoms with van der Waals surface area (Å²) in [7, 11) is 1.66. The molecule has 0 radical (unpaired) electrons. The van der Waals surface area contributed by atoms with Gasteiger partial charge in [-0.15, -0.1) is 0 Å². The molecule has 1 aromatic carbocycles. The van der Waals surface area contributed by atoms with Crippen molar-refractivity contribution in [3.8, 4) is 11.5 Å². The largest absolute Gasteiger partial charge is 0.493 e. The summed E-state index contributed by atoms with van der Waals surface area (Å²) in [4.78, 5) is 19.3. The second-order valence-electron chi connectivity index (χ2n) is 7.03. The molecule has 5 heteroatoms. The maximum absolute atomic E-state index is 12.8. The molecule has 26 heavy (non-hydrogen) atoms. The number of pyridine rings is 1. The van der Waals surface area contributed by atoms with Crippen molar-refractivity contribution < 1.29 is 14.3 Å². The molecule has 2 aromatic rings. The molecule has 0 aliphatic carbocycles. The molecule has 0 bridgehead atoms. The summed E-state index contributed by atoms with van der Waals surface area (Å²) in [6.45, 7) is 2.32. The molecule has 1 saturated heterocycles. The summed E-state index contributed by atoms with van der Waals surface area (Å²) in [5, 5.41) is 0. The van der Waals surface area contributed by atoms with Crippen molar-refractivity contribution in [2.24, 2.45) is 5.92 Å². The van der Waals surface area contributed by atoms with E-state index in [2.05, 4.69) is 11.1 Å². The van der Waals surface area contributed by atoms with Gasteiger partial charge in [0.1, 0.15) is 0 Å². The molecule has 3 heterocycles. The summed E-state index contributed by atoms with van der Waals surface area (Å²) >= 11 is 0. The molecular weight excluding hydrogens is 328 g/mol. The smallest absolute Gasteiger partial charge is 0.255 e. The average molecular weight is 352 g/mol. The van der Waals surface area contributed by atoms with E-state index >= 15 is 0 Å². The summed E-state index contributed by atoms with van der Waals surface area (Å²) in [6.07, 6.45) is 5.61. The number of hydrogen-bond acceptors (Lipinski definition) is 4. The Balaban J connectivity index is 1.52. The van der Waals surface area contributed by atoms with Crippen molar-refractivity contribution in [3.63, 3.8) is 0 Å². The van der Waals surface area contributed by atoms with E-state index in [-0.39, 0.29) is 5.91 Å². The Morgan fingerprint density at radius 3 is 2.92 bits per heavy atom. The second-order valence-corrected chi connectivity index (χ2v) is 7.03. The molecule has 0 spiro atoms. The van der Waals surface area contributed by atoms with Crippen molar-refractivity contribution in [2.75, 3.05) is 26.8 Å². The van der Waals surface area contributed by atoms with Crippen LogP contribution in [0, 0.1) is 5.92 Å². The van der Waals surface area contributed by atoms with Crippen LogP contribution >= 0.6 is 0 Å². The van der Waals surface area contributed by atoms with Gasteiger partial charge in [-0.3, -0.25) is 9.78 Å². The van der Waals surface area contributed by atoms with Gasteiger partial charge in [-0.1, -0.05) is 12.1 Å². The van der Waals surface area contributed by atoms with Crippen molar-refractivity contribution in [2.45, 2.75) is 25.7 Å². The number of ether oxygens (including phenoxy) is 2. The van der Waals surface area contributed by atoms with Crippen LogP contribution in [0.4, 0.5) is 0 Å². The Kier molecular flexibility index (Phi) is 4.78. The maximum Gasteiger partial charge on any atom is 0.255 e. The summed E-state index contributed by atoms with van der Waals surface area (Å²) < 4.78 is 11.4. The van der Waals surface area contributed by atoms with E-state index in [0.717, 1.165) is 67.1 Å². The van der Waals surface area contributed by atoms with Gasteiger partial charge in [-0.05, 0) is 49.4 Å². The molecule has 2 aliphatic heterocycles. The van der Waals surface area contributed by atoms with Gasteiger partial charge in [0.25, 0.3) is 5.91 Å². The van der Waals surface area contributed by atoms with Crippen LogP contribution in [0.15, 0.2) is 36.5 Å². The Hall–Kier alpha value is -2.56. The minimum Gasteiger partial charge on any atom is -0.493 e. The molecular formula is C21H24N2O3. The van der Waals surface area contributed by atoms with E-state index in [4.69, 9.17) is 9.47 Å². The lowest BCUT2D eigenvalue weighted by Crippen LogP contribution is -2.30. The topological polar surface area (TPSA) is 51.7 Å². The van der Waals surface area contributed by atoms with Crippen LogP contribution in [0.1, 0.15) is 34.5 Å². The Morgan fingerprint density at radius 1 is 1.27 bits per heavy atom. The van der Waals surface area contributed by atoms with Crippen molar-refractivity contribution in [1.29, 1.82) is 0 Å². The molecule has 0 N–H and O–H groups in total. The number of rotatable bonds is 4. The zero-order valence-corrected chi connectivity index (χ0v) is 15.1. The molecule has 136 valence electrons. The highest BCUT2D eigenvalue weighted by atomic mass is 16.5. The summed E-state index contributed by atoms with van der Waals surface area (Å²) in [5.41, 5.74) is 2.78. The fourth-order valence-corrected chi connectivity index (χ4v) is 3.91. The van der Waals surface area contributed by atoms with Gasteiger partial charge in [0.15, 0.2) is 11.5 Å². The molecule has 1 unspecified atom stereocenters. The standard InChI is InChI=1S/C21H24N2O3/c1-25-19-8-4-6-16-12-15(14-26-20(16)19)13-18-17(7-5-9-22-18)21(24)23-10-2-3-11-23/h4-9,15H,2-3,10-14H2,1H3. The number of likely N-dealkylation sites (tertiary alicyclic amines) is 1. The zero-order chi connectivity index (χ0) is 17.9. The molecule has 4 rings (SSSR count). The number of carbonyl (C=O) groups excluding carboxylic acids is 1. The molecule has 1 atom stereocenters.